The van der Waals surface area contributed by atoms with Crippen molar-refractivity contribution in [2.45, 2.75) is 26.4 Å². The number of methoxy groups -OCH3 is 1. The van der Waals surface area contributed by atoms with Gasteiger partial charge in [-0.2, -0.15) is 0 Å². The number of rotatable bonds is 6. The Labute approximate surface area is 162 Å². The van der Waals surface area contributed by atoms with Gasteiger partial charge >= 0.3 is 6.09 Å². The molecule has 0 spiro atoms. The van der Waals surface area contributed by atoms with Crippen LogP contribution in [-0.2, 0) is 9.53 Å². The van der Waals surface area contributed by atoms with Crippen molar-refractivity contribution in [3.63, 3.8) is 0 Å². The van der Waals surface area contributed by atoms with Gasteiger partial charge in [0.1, 0.15) is 11.4 Å². The molecule has 150 valence electrons. The first-order valence-electron chi connectivity index (χ1n) is 8.53. The van der Waals surface area contributed by atoms with Crippen molar-refractivity contribution in [2.24, 2.45) is 0 Å². The summed E-state index contributed by atoms with van der Waals surface area (Å²) in [6.45, 7) is 4.86. The third kappa shape index (κ3) is 6.46. The first-order valence-corrected chi connectivity index (χ1v) is 8.53. The summed E-state index contributed by atoms with van der Waals surface area (Å²) < 4.78 is 29.1. The fourth-order valence-electron chi connectivity index (χ4n) is 2.20. The van der Waals surface area contributed by atoms with Crippen LogP contribution in [-0.4, -0.2) is 31.3 Å². The lowest BCUT2D eigenvalue weighted by Gasteiger charge is -2.20. The predicted octanol–water partition coefficient (Wildman–Crippen LogP) is 4.20. The lowest BCUT2D eigenvalue weighted by Crippen LogP contribution is -2.27. The second-order valence-corrected chi connectivity index (χ2v) is 6.81. The second-order valence-electron chi connectivity index (χ2n) is 6.81. The van der Waals surface area contributed by atoms with E-state index in [0.717, 1.165) is 0 Å². The number of ether oxygens (including phenoxy) is 3. The number of para-hydroxylation sites is 1. The predicted molar refractivity (Wildman–Crippen MR) is 103 cm³/mol. The lowest BCUT2D eigenvalue weighted by molar-refractivity contribution is -0.118. The summed E-state index contributed by atoms with van der Waals surface area (Å²) in [5.74, 6) is -0.661. The third-order valence-corrected chi connectivity index (χ3v) is 3.31. The van der Waals surface area contributed by atoms with Crippen LogP contribution in [0.5, 0.6) is 11.5 Å². The highest BCUT2D eigenvalue weighted by Crippen LogP contribution is 2.28. The average Bonchev–Trinajstić information content (AvgIpc) is 2.59. The van der Waals surface area contributed by atoms with Crippen LogP contribution in [0.25, 0.3) is 0 Å². The van der Waals surface area contributed by atoms with Crippen molar-refractivity contribution in [3.8, 4) is 11.5 Å². The van der Waals surface area contributed by atoms with Gasteiger partial charge in [-0.1, -0.05) is 12.1 Å². The number of carbonyl (C=O) groups excluding carboxylic acids is 2. The first-order chi connectivity index (χ1) is 13.2. The minimum atomic E-state index is -0.660. The fraction of sp³-hybridized carbons (Fsp3) is 0.300. The van der Waals surface area contributed by atoms with E-state index in [9.17, 15) is 14.0 Å². The van der Waals surface area contributed by atoms with Gasteiger partial charge in [0, 0.05) is 5.69 Å². The van der Waals surface area contributed by atoms with Crippen molar-refractivity contribution in [3.05, 3.63) is 48.3 Å². The topological polar surface area (TPSA) is 85.9 Å². The van der Waals surface area contributed by atoms with E-state index in [1.165, 1.54) is 31.4 Å². The molecule has 2 aromatic rings. The number of nitrogens with one attached hydrogen (secondary N) is 2. The van der Waals surface area contributed by atoms with Crippen molar-refractivity contribution in [1.29, 1.82) is 0 Å². The average molecular weight is 390 g/mol. The summed E-state index contributed by atoms with van der Waals surface area (Å²) in [5, 5.41) is 5.19. The standard InChI is InChI=1S/C20H23FN2O5/c1-20(2,3)28-19(25)23-15-11-13(9-10-17(15)26-4)22-18(24)12-27-16-8-6-5-7-14(16)21/h5-11H,12H2,1-4H3,(H,22,24)(H,23,25). The van der Waals surface area contributed by atoms with Crippen molar-refractivity contribution in [1.82, 2.24) is 0 Å². The van der Waals surface area contributed by atoms with E-state index in [0.29, 0.717) is 17.1 Å². The molecule has 0 unspecified atom stereocenters. The molecule has 0 aliphatic rings. The highest BCUT2D eigenvalue weighted by Gasteiger charge is 2.18. The van der Waals surface area contributed by atoms with E-state index in [-0.39, 0.29) is 12.4 Å². The molecular formula is C20H23FN2O5. The minimum absolute atomic E-state index is 0.0142. The normalized spacial score (nSPS) is 10.8. The second kappa shape index (κ2) is 9.07. The van der Waals surface area contributed by atoms with Crippen molar-refractivity contribution in [2.75, 3.05) is 24.4 Å². The van der Waals surface area contributed by atoms with Crippen LogP contribution < -0.4 is 20.1 Å². The highest BCUT2D eigenvalue weighted by molar-refractivity contribution is 5.94. The van der Waals surface area contributed by atoms with E-state index < -0.39 is 23.4 Å². The molecule has 0 aliphatic carbocycles. The molecule has 0 fully saturated rings. The monoisotopic (exact) mass is 390 g/mol. The van der Waals surface area contributed by atoms with Crippen molar-refractivity contribution >= 4 is 23.4 Å². The van der Waals surface area contributed by atoms with E-state index in [2.05, 4.69) is 10.6 Å². The Balaban J connectivity index is 2.02. The molecule has 0 bridgehead atoms. The lowest BCUT2D eigenvalue weighted by atomic mass is 10.2. The minimum Gasteiger partial charge on any atom is -0.495 e. The number of hydrogen-bond acceptors (Lipinski definition) is 5. The Kier molecular flexibility index (Phi) is 6.81. The summed E-state index contributed by atoms with van der Waals surface area (Å²) in [7, 11) is 1.45. The summed E-state index contributed by atoms with van der Waals surface area (Å²) in [6.07, 6.45) is -0.655. The Morgan fingerprint density at radius 2 is 1.75 bits per heavy atom. The van der Waals surface area contributed by atoms with E-state index in [1.807, 2.05) is 0 Å². The summed E-state index contributed by atoms with van der Waals surface area (Å²) in [4.78, 5) is 24.1. The molecule has 8 heteroatoms. The molecule has 2 rings (SSSR count). The molecule has 0 saturated heterocycles. The molecule has 0 saturated carbocycles. The molecule has 0 aliphatic heterocycles. The molecule has 2 N–H and O–H groups in total. The number of anilines is 2. The largest absolute Gasteiger partial charge is 0.495 e. The van der Waals surface area contributed by atoms with E-state index in [1.54, 1.807) is 39.0 Å². The maximum absolute atomic E-state index is 13.5. The van der Waals surface area contributed by atoms with Crippen LogP contribution in [0.3, 0.4) is 0 Å². The molecule has 0 radical (unpaired) electrons. The van der Waals surface area contributed by atoms with Crippen molar-refractivity contribution < 1.29 is 28.2 Å². The fourth-order valence-corrected chi connectivity index (χ4v) is 2.20. The number of hydrogen-bond donors (Lipinski definition) is 2. The molecule has 2 amide bonds. The van der Waals surface area contributed by atoms with Gasteiger partial charge in [-0.15, -0.1) is 0 Å². The smallest absolute Gasteiger partial charge is 0.412 e. The van der Waals surface area contributed by atoms with Crippen LogP contribution in [0, 0.1) is 5.82 Å². The van der Waals surface area contributed by atoms with Gasteiger partial charge in [-0.3, -0.25) is 10.1 Å². The SMILES string of the molecule is COc1ccc(NC(=O)COc2ccccc2F)cc1NC(=O)OC(C)(C)C. The van der Waals surface area contributed by atoms with Gasteiger partial charge in [0.2, 0.25) is 0 Å². The summed E-state index contributed by atoms with van der Waals surface area (Å²) >= 11 is 0. The van der Waals surface area contributed by atoms with Gasteiger partial charge in [-0.05, 0) is 51.1 Å². The Hall–Kier alpha value is -3.29. The molecule has 2 aromatic carbocycles. The van der Waals surface area contributed by atoms with Crippen LogP contribution >= 0.6 is 0 Å². The third-order valence-electron chi connectivity index (χ3n) is 3.31. The first kappa shape index (κ1) is 21.0. The van der Waals surface area contributed by atoms with Gasteiger partial charge < -0.3 is 19.5 Å². The van der Waals surface area contributed by atoms with Crippen LogP contribution in [0.2, 0.25) is 0 Å². The molecule has 7 nitrogen and oxygen atoms in total. The molecule has 0 atom stereocenters. The number of benzene rings is 2. The van der Waals surface area contributed by atoms with E-state index in [4.69, 9.17) is 14.2 Å². The number of halogens is 1. The zero-order valence-electron chi connectivity index (χ0n) is 16.2. The van der Waals surface area contributed by atoms with Gasteiger partial charge in [-0.25, -0.2) is 9.18 Å². The maximum atomic E-state index is 13.5. The molecule has 0 aromatic heterocycles. The van der Waals surface area contributed by atoms with Gasteiger partial charge in [0.25, 0.3) is 5.91 Å². The zero-order valence-corrected chi connectivity index (χ0v) is 16.2. The Bertz CT molecular complexity index is 849. The van der Waals surface area contributed by atoms with Gasteiger partial charge in [0.05, 0.1) is 12.8 Å². The Morgan fingerprint density at radius 1 is 1.04 bits per heavy atom. The van der Waals surface area contributed by atoms with Crippen LogP contribution in [0.1, 0.15) is 20.8 Å². The van der Waals surface area contributed by atoms with Gasteiger partial charge in [0.15, 0.2) is 18.2 Å². The number of amides is 2. The quantitative estimate of drug-likeness (QED) is 0.772. The van der Waals surface area contributed by atoms with E-state index >= 15 is 0 Å². The summed E-state index contributed by atoms with van der Waals surface area (Å²) in [6, 6.07) is 10.5. The van der Waals surface area contributed by atoms with Crippen LogP contribution in [0.15, 0.2) is 42.5 Å². The Morgan fingerprint density at radius 3 is 2.39 bits per heavy atom. The summed E-state index contributed by atoms with van der Waals surface area (Å²) in [5.41, 5.74) is 0.0614. The molecular weight excluding hydrogens is 367 g/mol. The molecule has 0 heterocycles. The highest BCUT2D eigenvalue weighted by atomic mass is 19.1. The van der Waals surface area contributed by atoms with Crippen LogP contribution in [0.4, 0.5) is 20.6 Å². The zero-order chi connectivity index (χ0) is 20.7. The molecule has 28 heavy (non-hydrogen) atoms. The maximum Gasteiger partial charge on any atom is 0.412 e. The number of carbonyl (C=O) groups is 2.